The zero-order valence-electron chi connectivity index (χ0n) is 16.0. The van der Waals surface area contributed by atoms with Crippen molar-refractivity contribution in [1.82, 2.24) is 0 Å². The Hall–Kier alpha value is -3.55. The predicted molar refractivity (Wildman–Crippen MR) is 101 cm³/mol. The summed E-state index contributed by atoms with van der Waals surface area (Å²) in [7, 11) is 4.30. The van der Waals surface area contributed by atoms with Gasteiger partial charge in [0.05, 0.1) is 26.9 Å². The summed E-state index contributed by atoms with van der Waals surface area (Å²) in [5.41, 5.74) is 1.04. The van der Waals surface area contributed by atoms with Gasteiger partial charge in [-0.2, -0.15) is 0 Å². The maximum Gasteiger partial charge on any atom is 0.338 e. The highest BCUT2D eigenvalue weighted by Gasteiger charge is 2.18. The van der Waals surface area contributed by atoms with Gasteiger partial charge < -0.3 is 24.3 Å². The van der Waals surface area contributed by atoms with Gasteiger partial charge in [-0.3, -0.25) is 9.59 Å². The number of nitrogens with one attached hydrogen (secondary N) is 1. The van der Waals surface area contributed by atoms with E-state index in [4.69, 9.17) is 18.9 Å². The summed E-state index contributed by atoms with van der Waals surface area (Å²) in [5.74, 6) is -0.471. The van der Waals surface area contributed by atoms with Crippen LogP contribution in [0.25, 0.3) is 0 Å². The van der Waals surface area contributed by atoms with Crippen molar-refractivity contribution >= 4 is 23.3 Å². The Bertz CT molecular complexity index is 867. The van der Waals surface area contributed by atoms with Crippen molar-refractivity contribution in [2.45, 2.75) is 6.92 Å². The normalized spacial score (nSPS) is 10.0. The lowest BCUT2D eigenvalue weighted by molar-refractivity contribution is -0.119. The lowest BCUT2D eigenvalue weighted by atomic mass is 10.1. The van der Waals surface area contributed by atoms with Crippen LogP contribution >= 0.6 is 0 Å². The minimum Gasteiger partial charge on any atom is -0.493 e. The first-order valence-electron chi connectivity index (χ1n) is 8.27. The van der Waals surface area contributed by atoms with Gasteiger partial charge in [-0.1, -0.05) is 12.1 Å². The van der Waals surface area contributed by atoms with Crippen LogP contribution in [0, 0.1) is 0 Å². The van der Waals surface area contributed by atoms with Crippen LogP contribution in [0.3, 0.4) is 0 Å². The summed E-state index contributed by atoms with van der Waals surface area (Å²) >= 11 is 0. The zero-order valence-corrected chi connectivity index (χ0v) is 16.0. The molecule has 1 amide bonds. The first-order chi connectivity index (χ1) is 13.4. The molecule has 0 radical (unpaired) electrons. The molecule has 0 aromatic heterocycles. The maximum atomic E-state index is 12.3. The smallest absolute Gasteiger partial charge is 0.338 e. The summed E-state index contributed by atoms with van der Waals surface area (Å²) in [6, 6.07) is 9.32. The quantitative estimate of drug-likeness (QED) is 0.549. The number of methoxy groups -OCH3 is 3. The monoisotopic (exact) mass is 387 g/mol. The van der Waals surface area contributed by atoms with Crippen LogP contribution in [0.15, 0.2) is 36.4 Å². The lowest BCUT2D eigenvalue weighted by Gasteiger charge is -2.13. The largest absolute Gasteiger partial charge is 0.493 e. The van der Waals surface area contributed by atoms with Crippen LogP contribution in [0.1, 0.15) is 27.6 Å². The van der Waals surface area contributed by atoms with Gasteiger partial charge in [0, 0.05) is 11.3 Å². The van der Waals surface area contributed by atoms with Crippen molar-refractivity contribution in [3.63, 3.8) is 0 Å². The van der Waals surface area contributed by atoms with E-state index < -0.39 is 18.5 Å². The maximum absolute atomic E-state index is 12.3. The number of carbonyl (C=O) groups excluding carboxylic acids is 3. The standard InChI is InChI=1S/C20H21NO7/c1-12(22)13-6-5-7-15(8-13)21-18(23)11-28-20(24)14-9-16(25-2)19(27-4)17(10-14)26-3/h5-10H,11H2,1-4H3,(H,21,23). The molecule has 0 heterocycles. The molecule has 0 aliphatic heterocycles. The second kappa shape index (κ2) is 9.40. The van der Waals surface area contributed by atoms with E-state index in [1.165, 1.54) is 40.4 Å². The molecule has 28 heavy (non-hydrogen) atoms. The molecule has 0 aliphatic carbocycles. The second-order valence-electron chi connectivity index (χ2n) is 5.68. The Balaban J connectivity index is 2.04. The first kappa shape index (κ1) is 20.8. The summed E-state index contributed by atoms with van der Waals surface area (Å²) in [5, 5.41) is 2.57. The Morgan fingerprint density at radius 2 is 1.54 bits per heavy atom. The molecule has 0 saturated carbocycles. The van der Waals surface area contributed by atoms with Crippen LogP contribution in [0.4, 0.5) is 5.69 Å². The molecule has 0 saturated heterocycles. The van der Waals surface area contributed by atoms with Gasteiger partial charge in [-0.25, -0.2) is 4.79 Å². The van der Waals surface area contributed by atoms with Crippen LogP contribution in [-0.2, 0) is 9.53 Å². The van der Waals surface area contributed by atoms with Gasteiger partial charge in [-0.05, 0) is 31.2 Å². The zero-order chi connectivity index (χ0) is 20.7. The van der Waals surface area contributed by atoms with Gasteiger partial charge in [0.1, 0.15) is 0 Å². The highest BCUT2D eigenvalue weighted by atomic mass is 16.5. The van der Waals surface area contributed by atoms with Crippen LogP contribution in [0.5, 0.6) is 17.2 Å². The van der Waals surface area contributed by atoms with E-state index in [0.29, 0.717) is 28.5 Å². The van der Waals surface area contributed by atoms with Gasteiger partial charge >= 0.3 is 5.97 Å². The van der Waals surface area contributed by atoms with Gasteiger partial charge in [0.25, 0.3) is 5.91 Å². The Labute approximate surface area is 162 Å². The fourth-order valence-electron chi connectivity index (χ4n) is 2.43. The molecule has 0 bridgehead atoms. The molecule has 8 heteroatoms. The minimum absolute atomic E-state index is 0.120. The average Bonchev–Trinajstić information content (AvgIpc) is 2.70. The number of anilines is 1. The molecule has 0 atom stereocenters. The van der Waals surface area contributed by atoms with Crippen molar-refractivity contribution in [3.8, 4) is 17.2 Å². The molecular formula is C20H21NO7. The summed E-state index contributed by atoms with van der Waals surface area (Å²) in [6.07, 6.45) is 0. The highest BCUT2D eigenvalue weighted by Crippen LogP contribution is 2.38. The van der Waals surface area contributed by atoms with Crippen molar-refractivity contribution < 1.29 is 33.3 Å². The molecular weight excluding hydrogens is 366 g/mol. The van der Waals surface area contributed by atoms with Gasteiger partial charge in [-0.15, -0.1) is 0 Å². The van der Waals surface area contributed by atoms with E-state index in [9.17, 15) is 14.4 Å². The van der Waals surface area contributed by atoms with Crippen molar-refractivity contribution in [3.05, 3.63) is 47.5 Å². The molecule has 2 aromatic carbocycles. The first-order valence-corrected chi connectivity index (χ1v) is 8.27. The summed E-state index contributed by atoms with van der Waals surface area (Å²) in [6.45, 7) is 0.930. The second-order valence-corrected chi connectivity index (χ2v) is 5.68. The van der Waals surface area contributed by atoms with Gasteiger partial charge in [0.15, 0.2) is 23.9 Å². The molecule has 0 spiro atoms. The summed E-state index contributed by atoms with van der Waals surface area (Å²) < 4.78 is 20.6. The molecule has 0 unspecified atom stereocenters. The molecule has 0 aliphatic rings. The minimum atomic E-state index is -0.730. The molecule has 1 N–H and O–H groups in total. The van der Waals surface area contributed by atoms with Crippen LogP contribution in [-0.4, -0.2) is 45.6 Å². The number of rotatable bonds is 8. The van der Waals surface area contributed by atoms with Crippen molar-refractivity contribution in [2.24, 2.45) is 0 Å². The van der Waals surface area contributed by atoms with Crippen molar-refractivity contribution in [1.29, 1.82) is 0 Å². The number of amides is 1. The third-order valence-electron chi connectivity index (χ3n) is 3.79. The topological polar surface area (TPSA) is 100 Å². The third-order valence-corrected chi connectivity index (χ3v) is 3.79. The third kappa shape index (κ3) is 5.00. The van der Waals surface area contributed by atoms with Crippen molar-refractivity contribution in [2.75, 3.05) is 33.3 Å². The predicted octanol–water partition coefficient (Wildman–Crippen LogP) is 2.71. The number of Topliss-reactive ketones (excluding diaryl/α,β-unsaturated/α-hetero) is 1. The molecule has 8 nitrogen and oxygen atoms in total. The van der Waals surface area contributed by atoms with E-state index >= 15 is 0 Å². The number of ketones is 1. The van der Waals surface area contributed by atoms with Crippen LogP contribution < -0.4 is 19.5 Å². The van der Waals surface area contributed by atoms with Crippen LogP contribution in [0.2, 0.25) is 0 Å². The summed E-state index contributed by atoms with van der Waals surface area (Å²) in [4.78, 5) is 35.7. The average molecular weight is 387 g/mol. The Morgan fingerprint density at radius 3 is 2.07 bits per heavy atom. The van der Waals surface area contributed by atoms with Gasteiger partial charge in [0.2, 0.25) is 5.75 Å². The Morgan fingerprint density at radius 1 is 0.893 bits per heavy atom. The molecule has 2 rings (SSSR count). The molecule has 0 fully saturated rings. The number of benzene rings is 2. The lowest BCUT2D eigenvalue weighted by Crippen LogP contribution is -2.21. The van der Waals surface area contributed by atoms with E-state index in [2.05, 4.69) is 5.32 Å². The van der Waals surface area contributed by atoms with E-state index in [0.717, 1.165) is 0 Å². The molecule has 148 valence electrons. The highest BCUT2D eigenvalue weighted by molar-refractivity contribution is 5.98. The number of ether oxygens (including phenoxy) is 4. The number of hydrogen-bond acceptors (Lipinski definition) is 7. The molecule has 2 aromatic rings. The van der Waals surface area contributed by atoms with E-state index in [1.54, 1.807) is 24.3 Å². The fourth-order valence-corrected chi connectivity index (χ4v) is 2.43. The SMILES string of the molecule is COc1cc(C(=O)OCC(=O)Nc2cccc(C(C)=O)c2)cc(OC)c1OC. The number of carbonyl (C=O) groups is 3. The Kier molecular flexibility index (Phi) is 6.97. The number of esters is 1. The number of hydrogen-bond donors (Lipinski definition) is 1. The van der Waals surface area contributed by atoms with E-state index in [1.807, 2.05) is 0 Å². The van der Waals surface area contributed by atoms with E-state index in [-0.39, 0.29) is 11.3 Å². The fraction of sp³-hybridized carbons (Fsp3) is 0.250.